The van der Waals surface area contributed by atoms with Gasteiger partial charge in [0.05, 0.1) is 31.4 Å². The Labute approximate surface area is 155 Å². The number of methoxy groups -OCH3 is 1. The zero-order valence-electron chi connectivity index (χ0n) is 15.3. The standard InChI is InChI=1S/C20H18N6O/c1-13-4-5-25-17(10-21-19(25)6-13)16-9-23-26-12-14(7-18(27-3)20(16)26)15-8-22-24(2)11-15/h4-12H,1-3H3. The van der Waals surface area contributed by atoms with Crippen LogP contribution in [-0.4, -0.2) is 35.9 Å². The van der Waals surface area contributed by atoms with Gasteiger partial charge in [-0.15, -0.1) is 0 Å². The third-order valence-electron chi connectivity index (χ3n) is 4.78. The summed E-state index contributed by atoms with van der Waals surface area (Å²) in [4.78, 5) is 4.54. The molecule has 0 N–H and O–H groups in total. The van der Waals surface area contributed by atoms with Crippen LogP contribution in [0, 0.1) is 6.92 Å². The summed E-state index contributed by atoms with van der Waals surface area (Å²) in [6.45, 7) is 2.06. The number of hydrogen-bond donors (Lipinski definition) is 0. The lowest BCUT2D eigenvalue weighted by Gasteiger charge is -2.08. The van der Waals surface area contributed by atoms with Crippen LogP contribution in [0.15, 0.2) is 55.4 Å². The Balaban J connectivity index is 1.74. The number of pyridine rings is 2. The number of imidazole rings is 1. The highest BCUT2D eigenvalue weighted by Crippen LogP contribution is 2.34. The fraction of sp³-hybridized carbons (Fsp3) is 0.150. The molecule has 5 aromatic heterocycles. The summed E-state index contributed by atoms with van der Waals surface area (Å²) in [6.07, 6.45) is 11.6. The minimum Gasteiger partial charge on any atom is -0.494 e. The molecular formula is C20H18N6O. The van der Waals surface area contributed by atoms with Crippen molar-refractivity contribution >= 4 is 11.2 Å². The largest absolute Gasteiger partial charge is 0.494 e. The summed E-state index contributed by atoms with van der Waals surface area (Å²) in [5.41, 5.74) is 6.96. The monoisotopic (exact) mass is 358 g/mol. The van der Waals surface area contributed by atoms with Gasteiger partial charge in [0.1, 0.15) is 16.9 Å². The van der Waals surface area contributed by atoms with Gasteiger partial charge in [-0.1, -0.05) is 0 Å². The van der Waals surface area contributed by atoms with Crippen molar-refractivity contribution in [1.29, 1.82) is 0 Å². The second-order valence-corrected chi connectivity index (χ2v) is 6.63. The molecule has 0 aliphatic heterocycles. The van der Waals surface area contributed by atoms with Gasteiger partial charge in [-0.25, -0.2) is 9.50 Å². The SMILES string of the molecule is COc1cc(-c2cnn(C)c2)cn2ncc(-c3cnc4cc(C)ccn34)c12. The Morgan fingerprint density at radius 1 is 1.00 bits per heavy atom. The van der Waals surface area contributed by atoms with Crippen LogP contribution in [0.4, 0.5) is 0 Å². The van der Waals surface area contributed by atoms with Gasteiger partial charge in [0, 0.05) is 42.3 Å². The molecule has 7 heteroatoms. The minimum atomic E-state index is 0.755. The molecule has 0 aromatic carbocycles. The molecule has 0 aliphatic rings. The van der Waals surface area contributed by atoms with Crippen molar-refractivity contribution in [2.75, 3.05) is 7.11 Å². The van der Waals surface area contributed by atoms with Crippen LogP contribution in [0.2, 0.25) is 0 Å². The van der Waals surface area contributed by atoms with Crippen LogP contribution in [0.5, 0.6) is 5.75 Å². The molecule has 0 radical (unpaired) electrons. The molecule has 7 nitrogen and oxygen atoms in total. The maximum atomic E-state index is 5.71. The molecule has 5 aromatic rings. The van der Waals surface area contributed by atoms with E-state index in [4.69, 9.17) is 4.74 Å². The lowest BCUT2D eigenvalue weighted by molar-refractivity contribution is 0.418. The Morgan fingerprint density at radius 3 is 2.67 bits per heavy atom. The van der Waals surface area contributed by atoms with Crippen LogP contribution >= 0.6 is 0 Å². The van der Waals surface area contributed by atoms with Crippen LogP contribution < -0.4 is 4.74 Å². The van der Waals surface area contributed by atoms with Gasteiger partial charge in [-0.05, 0) is 30.7 Å². The van der Waals surface area contributed by atoms with Crippen molar-refractivity contribution < 1.29 is 4.74 Å². The second-order valence-electron chi connectivity index (χ2n) is 6.63. The zero-order valence-corrected chi connectivity index (χ0v) is 15.3. The van der Waals surface area contributed by atoms with Crippen LogP contribution in [-0.2, 0) is 7.05 Å². The molecule has 5 heterocycles. The molecule has 134 valence electrons. The summed E-state index contributed by atoms with van der Waals surface area (Å²) in [7, 11) is 3.58. The Hall–Kier alpha value is -3.61. The first-order chi connectivity index (χ1) is 13.1. The fourth-order valence-electron chi connectivity index (χ4n) is 3.44. The maximum Gasteiger partial charge on any atom is 0.145 e. The van der Waals surface area contributed by atoms with E-state index in [9.17, 15) is 0 Å². The number of fused-ring (bicyclic) bond motifs is 2. The van der Waals surface area contributed by atoms with E-state index in [1.165, 1.54) is 5.56 Å². The Morgan fingerprint density at radius 2 is 1.89 bits per heavy atom. The number of aromatic nitrogens is 6. The molecule has 0 atom stereocenters. The van der Waals surface area contributed by atoms with E-state index in [0.717, 1.165) is 39.3 Å². The molecule has 0 fully saturated rings. The summed E-state index contributed by atoms with van der Waals surface area (Å²) >= 11 is 0. The van der Waals surface area contributed by atoms with Gasteiger partial charge in [0.2, 0.25) is 0 Å². The van der Waals surface area contributed by atoms with E-state index in [-0.39, 0.29) is 0 Å². The quantitative estimate of drug-likeness (QED) is 0.496. The maximum absolute atomic E-state index is 5.71. The molecular weight excluding hydrogens is 340 g/mol. The molecule has 0 aliphatic carbocycles. The Kier molecular flexibility index (Phi) is 3.30. The van der Waals surface area contributed by atoms with E-state index in [1.807, 2.05) is 54.8 Å². The lowest BCUT2D eigenvalue weighted by atomic mass is 10.1. The predicted molar refractivity (Wildman–Crippen MR) is 103 cm³/mol. The first-order valence-corrected chi connectivity index (χ1v) is 8.62. The van der Waals surface area contributed by atoms with E-state index in [1.54, 1.807) is 11.8 Å². The van der Waals surface area contributed by atoms with Gasteiger partial charge in [0.25, 0.3) is 0 Å². The molecule has 0 bridgehead atoms. The highest BCUT2D eigenvalue weighted by atomic mass is 16.5. The average molecular weight is 358 g/mol. The number of nitrogens with zero attached hydrogens (tertiary/aromatic N) is 6. The van der Waals surface area contributed by atoms with Crippen molar-refractivity contribution in [3.63, 3.8) is 0 Å². The minimum absolute atomic E-state index is 0.755. The summed E-state index contributed by atoms with van der Waals surface area (Å²) in [5.74, 6) is 0.755. The lowest BCUT2D eigenvalue weighted by Crippen LogP contribution is -1.95. The third kappa shape index (κ3) is 2.39. The molecule has 0 amide bonds. The summed E-state index contributed by atoms with van der Waals surface area (Å²) in [5, 5.41) is 8.82. The van der Waals surface area contributed by atoms with Crippen molar-refractivity contribution in [3.8, 4) is 28.1 Å². The normalized spacial score (nSPS) is 11.5. The van der Waals surface area contributed by atoms with Gasteiger partial charge < -0.3 is 4.74 Å². The zero-order chi connectivity index (χ0) is 18.5. The van der Waals surface area contributed by atoms with E-state index in [2.05, 4.69) is 38.6 Å². The van der Waals surface area contributed by atoms with Crippen LogP contribution in [0.3, 0.4) is 0 Å². The van der Waals surface area contributed by atoms with Gasteiger partial charge in [0.15, 0.2) is 0 Å². The van der Waals surface area contributed by atoms with Crippen molar-refractivity contribution in [2.24, 2.45) is 7.05 Å². The number of ether oxygens (including phenoxy) is 1. The average Bonchev–Trinajstić information content (AvgIpc) is 3.38. The molecule has 0 saturated carbocycles. The number of rotatable bonds is 3. The highest BCUT2D eigenvalue weighted by Gasteiger charge is 2.17. The first-order valence-electron chi connectivity index (χ1n) is 8.62. The van der Waals surface area contributed by atoms with Crippen LogP contribution in [0.25, 0.3) is 33.5 Å². The molecule has 0 unspecified atom stereocenters. The summed E-state index contributed by atoms with van der Waals surface area (Å²) in [6, 6.07) is 6.15. The van der Waals surface area contributed by atoms with E-state index < -0.39 is 0 Å². The van der Waals surface area contributed by atoms with Crippen molar-refractivity contribution in [1.82, 2.24) is 28.8 Å². The van der Waals surface area contributed by atoms with Gasteiger partial charge >= 0.3 is 0 Å². The van der Waals surface area contributed by atoms with Crippen molar-refractivity contribution in [2.45, 2.75) is 6.92 Å². The fourth-order valence-corrected chi connectivity index (χ4v) is 3.44. The van der Waals surface area contributed by atoms with Crippen LogP contribution in [0.1, 0.15) is 5.56 Å². The number of hydrogen-bond acceptors (Lipinski definition) is 4. The number of aryl methyl sites for hydroxylation is 2. The van der Waals surface area contributed by atoms with Crippen molar-refractivity contribution in [3.05, 3.63) is 60.9 Å². The second kappa shape index (κ2) is 5.70. The first kappa shape index (κ1) is 15.6. The van der Waals surface area contributed by atoms with Gasteiger partial charge in [-0.2, -0.15) is 10.2 Å². The van der Waals surface area contributed by atoms with Gasteiger partial charge in [-0.3, -0.25) is 9.08 Å². The topological polar surface area (TPSA) is 61.7 Å². The molecule has 0 spiro atoms. The highest BCUT2D eigenvalue weighted by molar-refractivity contribution is 5.85. The predicted octanol–water partition coefficient (Wildman–Crippen LogP) is 3.37. The smallest absolute Gasteiger partial charge is 0.145 e. The van der Waals surface area contributed by atoms with E-state index in [0.29, 0.717) is 0 Å². The summed E-state index contributed by atoms with van der Waals surface area (Å²) < 4.78 is 11.4. The van der Waals surface area contributed by atoms with E-state index >= 15 is 0 Å². The molecule has 0 saturated heterocycles. The third-order valence-corrected chi connectivity index (χ3v) is 4.78. The molecule has 27 heavy (non-hydrogen) atoms. The Bertz CT molecular complexity index is 1290. The molecule has 5 rings (SSSR count).